The summed E-state index contributed by atoms with van der Waals surface area (Å²) in [6.07, 6.45) is 0.971. The first-order valence-electron chi connectivity index (χ1n) is 6.77. The monoisotopic (exact) mass is 344 g/mol. The van der Waals surface area contributed by atoms with Gasteiger partial charge >= 0.3 is 0 Å². The molecule has 2 aromatic carbocycles. The van der Waals surface area contributed by atoms with Crippen LogP contribution >= 0.6 is 15.9 Å². The number of anilines is 1. The first-order chi connectivity index (χ1) is 10.2. The Morgan fingerprint density at radius 2 is 2.05 bits per heavy atom. The van der Waals surface area contributed by atoms with E-state index in [4.69, 9.17) is 10.00 Å². The van der Waals surface area contributed by atoms with Gasteiger partial charge in [-0.3, -0.25) is 0 Å². The summed E-state index contributed by atoms with van der Waals surface area (Å²) in [4.78, 5) is 0. The summed E-state index contributed by atoms with van der Waals surface area (Å²) in [5, 5.41) is 12.4. The largest absolute Gasteiger partial charge is 0.495 e. The lowest BCUT2D eigenvalue weighted by Gasteiger charge is -2.12. The fraction of sp³-hybridized carbons (Fsp3) is 0.235. The number of benzene rings is 2. The Bertz CT molecular complexity index is 677. The van der Waals surface area contributed by atoms with E-state index < -0.39 is 0 Å². The van der Waals surface area contributed by atoms with Crippen LogP contribution in [0.5, 0.6) is 5.75 Å². The predicted octanol–water partition coefficient (Wildman–Crippen LogP) is 4.50. The van der Waals surface area contributed by atoms with Gasteiger partial charge in [-0.2, -0.15) is 5.26 Å². The van der Waals surface area contributed by atoms with Gasteiger partial charge in [0.05, 0.1) is 12.7 Å². The number of nitrogens with one attached hydrogen (secondary N) is 1. The molecule has 0 radical (unpaired) electrons. The third-order valence-electron chi connectivity index (χ3n) is 3.32. The van der Waals surface area contributed by atoms with Crippen molar-refractivity contribution in [3.8, 4) is 11.8 Å². The molecule has 0 atom stereocenters. The maximum atomic E-state index is 8.99. The highest BCUT2D eigenvalue weighted by atomic mass is 79.9. The van der Waals surface area contributed by atoms with Crippen LogP contribution in [0.3, 0.4) is 0 Å². The van der Waals surface area contributed by atoms with Gasteiger partial charge in [0.2, 0.25) is 0 Å². The van der Waals surface area contributed by atoms with Crippen LogP contribution in [0.15, 0.2) is 40.9 Å². The van der Waals surface area contributed by atoms with E-state index in [-0.39, 0.29) is 0 Å². The molecule has 0 aliphatic rings. The lowest BCUT2D eigenvalue weighted by Crippen LogP contribution is -2.03. The van der Waals surface area contributed by atoms with Crippen LogP contribution in [-0.4, -0.2) is 7.11 Å². The third-order valence-corrected chi connectivity index (χ3v) is 3.81. The highest BCUT2D eigenvalue weighted by molar-refractivity contribution is 9.10. The molecule has 0 spiro atoms. The van der Waals surface area contributed by atoms with E-state index in [1.807, 2.05) is 18.2 Å². The predicted molar refractivity (Wildman–Crippen MR) is 88.6 cm³/mol. The van der Waals surface area contributed by atoms with Gasteiger partial charge in [-0.1, -0.05) is 28.9 Å². The second kappa shape index (κ2) is 7.14. The summed E-state index contributed by atoms with van der Waals surface area (Å²) >= 11 is 3.49. The number of aryl methyl sites for hydroxylation is 1. The quantitative estimate of drug-likeness (QED) is 0.868. The fourth-order valence-corrected chi connectivity index (χ4v) is 2.57. The Balaban J connectivity index is 2.15. The SMILES string of the molecule is CCc1cc(Br)ccc1NCc1ccc(C#N)c(OC)c1. The zero-order chi connectivity index (χ0) is 15.2. The summed E-state index contributed by atoms with van der Waals surface area (Å²) in [7, 11) is 1.58. The number of rotatable bonds is 5. The summed E-state index contributed by atoms with van der Waals surface area (Å²) in [5.41, 5.74) is 4.03. The first-order valence-corrected chi connectivity index (χ1v) is 7.56. The molecule has 3 nitrogen and oxygen atoms in total. The molecule has 0 aliphatic carbocycles. The maximum absolute atomic E-state index is 8.99. The Morgan fingerprint density at radius 1 is 1.24 bits per heavy atom. The van der Waals surface area contributed by atoms with Gasteiger partial charge in [-0.05, 0) is 47.9 Å². The van der Waals surface area contributed by atoms with Crippen molar-refractivity contribution in [1.82, 2.24) is 0 Å². The molecule has 21 heavy (non-hydrogen) atoms. The van der Waals surface area contributed by atoms with E-state index in [0.29, 0.717) is 17.9 Å². The van der Waals surface area contributed by atoms with Crippen LogP contribution < -0.4 is 10.1 Å². The van der Waals surface area contributed by atoms with Gasteiger partial charge in [0.25, 0.3) is 0 Å². The topological polar surface area (TPSA) is 45.0 Å². The number of nitrogens with zero attached hydrogens (tertiary/aromatic N) is 1. The Morgan fingerprint density at radius 3 is 2.71 bits per heavy atom. The standard InChI is InChI=1S/C17H17BrN2O/c1-3-13-9-15(18)6-7-16(13)20-11-12-4-5-14(10-19)17(8-12)21-2/h4-9,20H,3,11H2,1-2H3. The molecule has 0 aromatic heterocycles. The van der Waals surface area contributed by atoms with Crippen LogP contribution in [0, 0.1) is 11.3 Å². The molecule has 4 heteroatoms. The van der Waals surface area contributed by atoms with Crippen molar-refractivity contribution in [2.75, 3.05) is 12.4 Å². The van der Waals surface area contributed by atoms with Crippen molar-refractivity contribution in [2.24, 2.45) is 0 Å². The minimum atomic E-state index is 0.555. The summed E-state index contributed by atoms with van der Waals surface area (Å²) in [5.74, 6) is 0.614. The average Bonchev–Trinajstić information content (AvgIpc) is 2.53. The van der Waals surface area contributed by atoms with E-state index in [1.54, 1.807) is 13.2 Å². The van der Waals surface area contributed by atoms with Crippen molar-refractivity contribution in [1.29, 1.82) is 5.26 Å². The molecule has 2 aromatic rings. The average molecular weight is 345 g/mol. The molecule has 1 N–H and O–H groups in total. The molecule has 0 heterocycles. The summed E-state index contributed by atoms with van der Waals surface area (Å²) in [6.45, 7) is 2.83. The Labute approximate surface area is 133 Å². The molecule has 0 bridgehead atoms. The van der Waals surface area contributed by atoms with Gasteiger partial charge in [-0.15, -0.1) is 0 Å². The van der Waals surface area contributed by atoms with Gasteiger partial charge in [0.15, 0.2) is 0 Å². The Kier molecular flexibility index (Phi) is 5.24. The number of ether oxygens (including phenoxy) is 1. The van der Waals surface area contributed by atoms with E-state index in [9.17, 15) is 0 Å². The molecule has 0 saturated heterocycles. The molecule has 0 aliphatic heterocycles. The van der Waals surface area contributed by atoms with Crippen molar-refractivity contribution < 1.29 is 4.74 Å². The molecule has 108 valence electrons. The van der Waals surface area contributed by atoms with E-state index >= 15 is 0 Å². The van der Waals surface area contributed by atoms with Crippen LogP contribution in [0.4, 0.5) is 5.69 Å². The molecule has 0 unspecified atom stereocenters. The molecule has 0 amide bonds. The van der Waals surface area contributed by atoms with Gasteiger partial charge < -0.3 is 10.1 Å². The van der Waals surface area contributed by atoms with E-state index in [0.717, 1.165) is 22.1 Å². The van der Waals surface area contributed by atoms with Crippen molar-refractivity contribution in [2.45, 2.75) is 19.9 Å². The minimum Gasteiger partial charge on any atom is -0.495 e. The zero-order valence-corrected chi connectivity index (χ0v) is 13.7. The summed E-state index contributed by atoms with van der Waals surface area (Å²) < 4.78 is 6.32. The number of hydrogen-bond acceptors (Lipinski definition) is 3. The lowest BCUT2D eigenvalue weighted by molar-refractivity contribution is 0.413. The van der Waals surface area contributed by atoms with Gasteiger partial charge in [0.1, 0.15) is 11.8 Å². The van der Waals surface area contributed by atoms with Crippen LogP contribution in [0.1, 0.15) is 23.6 Å². The highest BCUT2D eigenvalue weighted by Gasteiger charge is 2.05. The Hall–Kier alpha value is -1.99. The highest BCUT2D eigenvalue weighted by Crippen LogP contribution is 2.23. The number of nitriles is 1. The lowest BCUT2D eigenvalue weighted by atomic mass is 10.1. The number of halogens is 1. The fourth-order valence-electron chi connectivity index (χ4n) is 2.16. The first kappa shape index (κ1) is 15.4. The molecule has 2 rings (SSSR count). The van der Waals surface area contributed by atoms with Crippen LogP contribution in [0.25, 0.3) is 0 Å². The van der Waals surface area contributed by atoms with Gasteiger partial charge in [0, 0.05) is 16.7 Å². The molecule has 0 fully saturated rings. The smallest absolute Gasteiger partial charge is 0.136 e. The molecule has 0 saturated carbocycles. The van der Waals surface area contributed by atoms with Crippen molar-refractivity contribution >= 4 is 21.6 Å². The maximum Gasteiger partial charge on any atom is 0.136 e. The van der Waals surface area contributed by atoms with E-state index in [2.05, 4.69) is 46.4 Å². The van der Waals surface area contributed by atoms with Crippen molar-refractivity contribution in [3.05, 3.63) is 57.6 Å². The number of hydrogen-bond donors (Lipinski definition) is 1. The normalized spacial score (nSPS) is 10.0. The minimum absolute atomic E-state index is 0.555. The van der Waals surface area contributed by atoms with Crippen LogP contribution in [-0.2, 0) is 13.0 Å². The second-order valence-corrected chi connectivity index (χ2v) is 5.57. The van der Waals surface area contributed by atoms with Gasteiger partial charge in [-0.25, -0.2) is 0 Å². The summed E-state index contributed by atoms with van der Waals surface area (Å²) in [6, 6.07) is 14.0. The molecular weight excluding hydrogens is 328 g/mol. The second-order valence-electron chi connectivity index (χ2n) is 4.66. The molecular formula is C17H17BrN2O. The van der Waals surface area contributed by atoms with Crippen molar-refractivity contribution in [3.63, 3.8) is 0 Å². The van der Waals surface area contributed by atoms with E-state index in [1.165, 1.54) is 5.56 Å². The zero-order valence-electron chi connectivity index (χ0n) is 12.1. The van der Waals surface area contributed by atoms with Crippen LogP contribution in [0.2, 0.25) is 0 Å². The third kappa shape index (κ3) is 3.77. The number of methoxy groups -OCH3 is 1.